The summed E-state index contributed by atoms with van der Waals surface area (Å²) in [6.45, 7) is 7.22. The van der Waals surface area contributed by atoms with Crippen LogP contribution < -0.4 is 10.6 Å². The second kappa shape index (κ2) is 12.3. The number of hydrogen-bond acceptors (Lipinski definition) is 7. The van der Waals surface area contributed by atoms with Crippen molar-refractivity contribution in [3.63, 3.8) is 0 Å². The third kappa shape index (κ3) is 5.80. The van der Waals surface area contributed by atoms with Crippen molar-refractivity contribution in [2.45, 2.75) is 49.7 Å². The van der Waals surface area contributed by atoms with Gasteiger partial charge in [-0.1, -0.05) is 18.2 Å². The van der Waals surface area contributed by atoms with Crippen LogP contribution in [0.15, 0.2) is 40.5 Å². The summed E-state index contributed by atoms with van der Waals surface area (Å²) in [6.07, 6.45) is -4.49. The van der Waals surface area contributed by atoms with E-state index in [0.29, 0.717) is 6.07 Å². The van der Waals surface area contributed by atoms with Gasteiger partial charge in [-0.3, -0.25) is 9.36 Å². The highest BCUT2D eigenvalue weighted by Gasteiger charge is 2.40. The van der Waals surface area contributed by atoms with Crippen LogP contribution >= 0.6 is 23.4 Å². The molecule has 3 heterocycles. The number of nitrogens with zero attached hydrogens (tertiary/aromatic N) is 4. The first-order valence-electron chi connectivity index (χ1n) is 13.5. The molecule has 44 heavy (non-hydrogen) atoms. The molecule has 3 aromatic rings. The molecule has 8 nitrogen and oxygen atoms in total. The van der Waals surface area contributed by atoms with Crippen LogP contribution in [0.3, 0.4) is 0 Å². The van der Waals surface area contributed by atoms with Crippen molar-refractivity contribution < 1.29 is 36.2 Å². The molecule has 0 unspecified atom stereocenters. The maximum Gasteiger partial charge on any atom is 0.417 e. The molecule has 15 heteroatoms. The molecule has 0 spiro atoms. The van der Waals surface area contributed by atoms with Crippen LogP contribution in [-0.2, 0) is 27.0 Å². The minimum atomic E-state index is -5.00. The first-order valence-corrected chi connectivity index (χ1v) is 14.9. The van der Waals surface area contributed by atoms with Crippen LogP contribution in [0.2, 0.25) is 5.02 Å². The number of carbonyl (C=O) groups is 1. The molecule has 236 valence electrons. The van der Waals surface area contributed by atoms with E-state index in [1.807, 2.05) is 0 Å². The maximum absolute atomic E-state index is 15.3. The van der Waals surface area contributed by atoms with E-state index in [1.54, 1.807) is 23.6 Å². The molecular formula is C29H28ClF5N4O4S. The zero-order chi connectivity index (χ0) is 32.1. The second-order valence-corrected chi connectivity index (χ2v) is 12.1. The molecule has 0 radical (unpaired) electrons. The van der Waals surface area contributed by atoms with E-state index in [2.05, 4.69) is 11.6 Å². The molecule has 0 N–H and O–H groups in total. The fourth-order valence-corrected chi connectivity index (χ4v) is 7.32. The maximum atomic E-state index is 15.3. The van der Waals surface area contributed by atoms with Crippen molar-refractivity contribution in [2.75, 3.05) is 37.6 Å². The van der Waals surface area contributed by atoms with Crippen LogP contribution in [0.1, 0.15) is 19.4 Å². The van der Waals surface area contributed by atoms with Gasteiger partial charge in [-0.15, -0.1) is 11.8 Å². The van der Waals surface area contributed by atoms with Crippen molar-refractivity contribution in [3.8, 4) is 11.1 Å². The van der Waals surface area contributed by atoms with Crippen molar-refractivity contribution >= 4 is 46.0 Å². The summed E-state index contributed by atoms with van der Waals surface area (Å²) < 4.78 is 85.9. The first kappa shape index (κ1) is 32.2. The van der Waals surface area contributed by atoms with E-state index in [1.165, 1.54) is 17.8 Å². The molecule has 0 aliphatic carbocycles. The molecular weight excluding hydrogens is 631 g/mol. The predicted octanol–water partition coefficient (Wildman–Crippen LogP) is 5.72. The van der Waals surface area contributed by atoms with Gasteiger partial charge in [0.15, 0.2) is 0 Å². The molecule has 1 fully saturated rings. The van der Waals surface area contributed by atoms with Crippen molar-refractivity contribution in [2.24, 2.45) is 0 Å². The second-order valence-electron chi connectivity index (χ2n) is 10.7. The number of piperazine rings is 1. The predicted molar refractivity (Wildman–Crippen MR) is 157 cm³/mol. The Labute approximate surface area is 258 Å². The number of anilines is 1. The van der Waals surface area contributed by atoms with Crippen LogP contribution in [0.25, 0.3) is 22.0 Å². The number of benzene rings is 2. The lowest BCUT2D eigenvalue weighted by atomic mass is 9.95. The summed E-state index contributed by atoms with van der Waals surface area (Å²) in [6, 6.07) is 1.30. The van der Waals surface area contributed by atoms with E-state index in [-0.39, 0.29) is 59.7 Å². The van der Waals surface area contributed by atoms with Gasteiger partial charge in [0.05, 0.1) is 28.8 Å². The summed E-state index contributed by atoms with van der Waals surface area (Å²) >= 11 is 6.88. The Morgan fingerprint density at radius 3 is 2.45 bits per heavy atom. The molecule has 5 rings (SSSR count). The number of halogens is 6. The number of carbonyl (C=O) groups excluding carboxylic acids is 1. The number of alkyl halides is 3. The van der Waals surface area contributed by atoms with Gasteiger partial charge in [-0.05, 0) is 32.1 Å². The van der Waals surface area contributed by atoms with Crippen LogP contribution in [0, 0.1) is 11.6 Å². The summed E-state index contributed by atoms with van der Waals surface area (Å²) in [5.41, 5.74) is -3.01. The average Bonchev–Trinajstić information content (AvgIpc) is 3.15. The monoisotopic (exact) mass is 658 g/mol. The topological polar surface area (TPSA) is 76.9 Å². The van der Waals surface area contributed by atoms with Gasteiger partial charge in [0.2, 0.25) is 5.91 Å². The number of hydrogen-bond donors (Lipinski definition) is 0. The van der Waals surface area contributed by atoms with Crippen LogP contribution in [0.5, 0.6) is 0 Å². The normalized spacial score (nSPS) is 20.6. The zero-order valence-corrected chi connectivity index (χ0v) is 25.5. The summed E-state index contributed by atoms with van der Waals surface area (Å²) in [4.78, 5) is 33.6. The number of amides is 1. The lowest BCUT2D eigenvalue weighted by Crippen LogP contribution is -2.58. The quantitative estimate of drug-likeness (QED) is 0.145. The average molecular weight is 659 g/mol. The Morgan fingerprint density at radius 1 is 1.16 bits per heavy atom. The Hall–Kier alpha value is -3.20. The highest BCUT2D eigenvalue weighted by atomic mass is 35.5. The smallest absolute Gasteiger partial charge is 0.359 e. The molecule has 0 saturated carbocycles. The molecule has 1 aromatic heterocycles. The number of rotatable bonds is 6. The van der Waals surface area contributed by atoms with Crippen molar-refractivity contribution in [1.82, 2.24) is 14.5 Å². The SMILES string of the molecule is C=CC(=O)N1[C@H](C)CN(c2nc(=O)n3c4c(c(-c5cc(Cl)c(F)cc5F)c(C(F)(F)F)cc24)SC[C@@H](OCOC)C3)C[C@@H]1C. The number of methoxy groups -OCH3 is 1. The van der Waals surface area contributed by atoms with Gasteiger partial charge < -0.3 is 19.3 Å². The van der Waals surface area contributed by atoms with Gasteiger partial charge in [0.1, 0.15) is 24.2 Å². The number of ether oxygens (including phenoxy) is 2. The van der Waals surface area contributed by atoms with E-state index >= 15 is 4.39 Å². The Morgan fingerprint density at radius 2 is 1.84 bits per heavy atom. The van der Waals surface area contributed by atoms with Crippen LogP contribution in [0.4, 0.5) is 27.8 Å². The zero-order valence-electron chi connectivity index (χ0n) is 23.9. The summed E-state index contributed by atoms with van der Waals surface area (Å²) in [7, 11) is 1.40. The fourth-order valence-electron chi connectivity index (χ4n) is 5.88. The molecule has 1 saturated heterocycles. The standard InChI is InChI=1S/C29H28ClF5N4O4S/c1-5-23(40)39-14(2)9-37(10-15(39)3)27-18-6-19(29(33,34)35)24(17-7-20(30)22(32)8-21(17)31)26-25(18)38(28(41)36-27)11-16(12-44-26)43-13-42-4/h5-8,14-16H,1,9-13H2,2-4H3/t14-,15+,16-/m0/s1. The summed E-state index contributed by atoms with van der Waals surface area (Å²) in [5.74, 6) is -2.60. The largest absolute Gasteiger partial charge is 0.417 e. The highest BCUT2D eigenvalue weighted by Crippen LogP contribution is 2.49. The Bertz CT molecular complexity index is 1690. The highest BCUT2D eigenvalue weighted by molar-refractivity contribution is 7.99. The molecule has 3 atom stereocenters. The Kier molecular flexibility index (Phi) is 9.00. The first-order chi connectivity index (χ1) is 20.8. The lowest BCUT2D eigenvalue weighted by Gasteiger charge is -2.44. The minimum absolute atomic E-state index is 0.00146. The molecule has 2 aliphatic heterocycles. The third-order valence-electron chi connectivity index (χ3n) is 7.65. The molecule has 2 aliphatic rings. The van der Waals surface area contributed by atoms with Crippen molar-refractivity contribution in [1.29, 1.82) is 0 Å². The Balaban J connectivity index is 1.83. The minimum Gasteiger partial charge on any atom is -0.359 e. The third-order valence-corrected chi connectivity index (χ3v) is 9.17. The molecule has 2 aromatic carbocycles. The number of thioether (sulfide) groups is 1. The molecule has 0 bridgehead atoms. The number of aromatic nitrogens is 2. The van der Waals surface area contributed by atoms with E-state index in [9.17, 15) is 27.2 Å². The lowest BCUT2D eigenvalue weighted by molar-refractivity contribution is -0.137. The van der Waals surface area contributed by atoms with E-state index in [0.717, 1.165) is 23.9 Å². The molecule has 1 amide bonds. The van der Waals surface area contributed by atoms with Crippen LogP contribution in [-0.4, -0.2) is 71.3 Å². The summed E-state index contributed by atoms with van der Waals surface area (Å²) in [5, 5.41) is -0.559. The van der Waals surface area contributed by atoms with Gasteiger partial charge in [-0.2, -0.15) is 18.2 Å². The van der Waals surface area contributed by atoms with Gasteiger partial charge in [-0.25, -0.2) is 13.6 Å². The van der Waals surface area contributed by atoms with E-state index < -0.39 is 63.4 Å². The van der Waals surface area contributed by atoms with Crippen molar-refractivity contribution in [3.05, 3.63) is 63.6 Å². The van der Waals surface area contributed by atoms with E-state index in [4.69, 9.17) is 21.1 Å². The van der Waals surface area contributed by atoms with Gasteiger partial charge >= 0.3 is 11.9 Å². The van der Waals surface area contributed by atoms with Gasteiger partial charge in [0, 0.05) is 65.5 Å². The fraction of sp³-hybridized carbons (Fsp3) is 0.414. The van der Waals surface area contributed by atoms with Gasteiger partial charge in [0.25, 0.3) is 0 Å².